The van der Waals surface area contributed by atoms with Crippen molar-refractivity contribution in [1.29, 1.82) is 0 Å². The summed E-state index contributed by atoms with van der Waals surface area (Å²) >= 11 is 1.14. The molecule has 228 valence electrons. The van der Waals surface area contributed by atoms with Crippen LogP contribution in [0.4, 0.5) is 18.0 Å². The SMILES string of the molecule is COc1ccc(CC(=C2SC(N3CCCC(NC(=O)OC(C)(C)C)C3)=NC2=O)c2ccc3[nH]ncc3c2)c(C(F)(F)F)c1. The smallest absolute Gasteiger partial charge is 0.416 e. The van der Waals surface area contributed by atoms with Crippen LogP contribution < -0.4 is 10.1 Å². The van der Waals surface area contributed by atoms with Gasteiger partial charge in [0.1, 0.15) is 11.4 Å². The Morgan fingerprint density at radius 1 is 1.19 bits per heavy atom. The predicted octanol–water partition coefficient (Wildman–Crippen LogP) is 6.16. The van der Waals surface area contributed by atoms with Crippen molar-refractivity contribution in [2.75, 3.05) is 20.2 Å². The molecule has 0 saturated carbocycles. The first-order valence-electron chi connectivity index (χ1n) is 13.8. The maximum Gasteiger partial charge on any atom is 0.416 e. The fourth-order valence-corrected chi connectivity index (χ4v) is 6.15. The number of aromatic nitrogens is 2. The lowest BCUT2D eigenvalue weighted by Gasteiger charge is -2.34. The molecule has 43 heavy (non-hydrogen) atoms. The molecule has 0 aliphatic carbocycles. The van der Waals surface area contributed by atoms with Gasteiger partial charge in [-0.3, -0.25) is 9.89 Å². The third-order valence-electron chi connectivity index (χ3n) is 7.05. The zero-order valence-electron chi connectivity index (χ0n) is 24.2. The molecule has 0 radical (unpaired) electrons. The average Bonchev–Trinajstić information content (AvgIpc) is 3.56. The highest BCUT2D eigenvalue weighted by molar-refractivity contribution is 8.18. The molecule has 9 nitrogen and oxygen atoms in total. The van der Waals surface area contributed by atoms with Crippen LogP contribution in [0.2, 0.25) is 0 Å². The number of benzene rings is 2. The minimum absolute atomic E-state index is 0.00420. The summed E-state index contributed by atoms with van der Waals surface area (Å²) in [4.78, 5) is 32.2. The molecule has 3 aromatic rings. The van der Waals surface area contributed by atoms with E-state index >= 15 is 0 Å². The van der Waals surface area contributed by atoms with Crippen LogP contribution in [0.3, 0.4) is 0 Å². The minimum atomic E-state index is -4.63. The van der Waals surface area contributed by atoms with Crippen molar-refractivity contribution in [3.8, 4) is 5.75 Å². The van der Waals surface area contributed by atoms with Crippen LogP contribution in [0.25, 0.3) is 16.5 Å². The highest BCUT2D eigenvalue weighted by Crippen LogP contribution is 2.41. The standard InChI is InChI=1S/C30H32F3N5O4S/c1-29(2,3)42-28(40)35-20-6-5-11-38(16-20)27-36-26(39)25(43-27)22(17-8-10-24-19(12-17)15-34-37-24)13-18-7-9-21(41-4)14-23(18)30(31,32)33/h7-10,12,14-15,20H,5-6,11,13,16H2,1-4H3,(H,34,37)(H,35,40). The van der Waals surface area contributed by atoms with Crippen molar-refractivity contribution in [2.45, 2.75) is 57.9 Å². The van der Waals surface area contributed by atoms with Gasteiger partial charge in [0, 0.05) is 24.5 Å². The number of allylic oxidation sites excluding steroid dienone is 1. The Balaban J connectivity index is 1.47. The molecule has 1 fully saturated rings. The average molecular weight is 616 g/mol. The van der Waals surface area contributed by atoms with E-state index < -0.39 is 29.3 Å². The van der Waals surface area contributed by atoms with Crippen molar-refractivity contribution in [3.63, 3.8) is 0 Å². The number of carbonyl (C=O) groups excluding carboxylic acids is 2. The molecule has 5 rings (SSSR count). The number of ether oxygens (including phenoxy) is 2. The van der Waals surface area contributed by atoms with E-state index in [1.54, 1.807) is 45.2 Å². The first-order chi connectivity index (χ1) is 20.3. The highest BCUT2D eigenvalue weighted by Gasteiger charge is 2.36. The van der Waals surface area contributed by atoms with Gasteiger partial charge in [0.2, 0.25) is 0 Å². The number of likely N-dealkylation sites (tertiary alicyclic amines) is 1. The van der Waals surface area contributed by atoms with Gasteiger partial charge in [-0.25, -0.2) is 4.79 Å². The summed E-state index contributed by atoms with van der Waals surface area (Å²) in [7, 11) is 1.31. The fourth-order valence-electron chi connectivity index (χ4n) is 5.10. The van der Waals surface area contributed by atoms with E-state index in [4.69, 9.17) is 9.47 Å². The maximum atomic E-state index is 14.1. The van der Waals surface area contributed by atoms with Crippen molar-refractivity contribution in [1.82, 2.24) is 20.4 Å². The molecular formula is C30H32F3N5O4S. The molecular weight excluding hydrogens is 583 g/mol. The number of amides is 2. The molecule has 2 aliphatic rings. The number of aromatic amines is 1. The van der Waals surface area contributed by atoms with Crippen LogP contribution in [0.5, 0.6) is 5.75 Å². The molecule has 1 unspecified atom stereocenters. The van der Waals surface area contributed by atoms with Crippen LogP contribution in [-0.4, -0.2) is 64.1 Å². The van der Waals surface area contributed by atoms with Crippen LogP contribution >= 0.6 is 11.8 Å². The molecule has 1 aromatic heterocycles. The van der Waals surface area contributed by atoms with Gasteiger partial charge in [0.05, 0.1) is 29.3 Å². The number of thioether (sulfide) groups is 1. The summed E-state index contributed by atoms with van der Waals surface area (Å²) in [5.74, 6) is -0.437. The fraction of sp³-hybridized carbons (Fsp3) is 0.400. The summed E-state index contributed by atoms with van der Waals surface area (Å²) < 4.78 is 52.8. The molecule has 0 spiro atoms. The van der Waals surface area contributed by atoms with Gasteiger partial charge >= 0.3 is 12.3 Å². The van der Waals surface area contributed by atoms with E-state index in [1.807, 2.05) is 4.90 Å². The second-order valence-electron chi connectivity index (χ2n) is 11.4. The Labute approximate surface area is 250 Å². The summed E-state index contributed by atoms with van der Waals surface area (Å²) in [6, 6.07) is 8.93. The number of rotatable bonds is 5. The third kappa shape index (κ3) is 7.15. The molecule has 1 atom stereocenters. The summed E-state index contributed by atoms with van der Waals surface area (Å²) in [5, 5.41) is 11.0. The number of alkyl carbamates (subject to hydrolysis) is 1. The normalized spacial score (nSPS) is 19.0. The second-order valence-corrected chi connectivity index (χ2v) is 12.4. The van der Waals surface area contributed by atoms with Crippen molar-refractivity contribution in [2.24, 2.45) is 4.99 Å². The number of hydrogen-bond donors (Lipinski definition) is 2. The van der Waals surface area contributed by atoms with Gasteiger partial charge in [-0.15, -0.1) is 0 Å². The molecule has 3 heterocycles. The van der Waals surface area contributed by atoms with E-state index in [1.165, 1.54) is 19.2 Å². The molecule has 1 saturated heterocycles. The van der Waals surface area contributed by atoms with Gasteiger partial charge < -0.3 is 19.7 Å². The monoisotopic (exact) mass is 615 g/mol. The van der Waals surface area contributed by atoms with E-state index in [0.717, 1.165) is 41.6 Å². The Hall–Kier alpha value is -4.00. The quantitative estimate of drug-likeness (QED) is 0.331. The summed E-state index contributed by atoms with van der Waals surface area (Å²) in [6.45, 7) is 6.39. The van der Waals surface area contributed by atoms with Crippen LogP contribution in [-0.2, 0) is 22.1 Å². The molecule has 2 amide bonds. The highest BCUT2D eigenvalue weighted by atomic mass is 32.2. The molecule has 2 aromatic carbocycles. The molecule has 2 N–H and O–H groups in total. The molecule has 2 aliphatic heterocycles. The number of fused-ring (bicyclic) bond motifs is 1. The summed E-state index contributed by atoms with van der Waals surface area (Å²) in [6.07, 6.45) is -2.22. The van der Waals surface area contributed by atoms with E-state index in [2.05, 4.69) is 20.5 Å². The number of alkyl halides is 3. The number of methoxy groups -OCH3 is 1. The molecule has 13 heteroatoms. The number of amidine groups is 1. The summed E-state index contributed by atoms with van der Waals surface area (Å²) in [5.41, 5.74) is 0.304. The zero-order chi connectivity index (χ0) is 30.9. The van der Waals surface area contributed by atoms with Gasteiger partial charge in [-0.1, -0.05) is 12.1 Å². The van der Waals surface area contributed by atoms with Crippen molar-refractivity contribution >= 4 is 45.4 Å². The lowest BCUT2D eigenvalue weighted by atomic mass is 9.93. The van der Waals surface area contributed by atoms with Crippen molar-refractivity contribution in [3.05, 3.63) is 64.2 Å². The largest absolute Gasteiger partial charge is 0.497 e. The van der Waals surface area contributed by atoms with Gasteiger partial charge in [-0.2, -0.15) is 23.3 Å². The Kier molecular flexibility index (Phi) is 8.46. The van der Waals surface area contributed by atoms with Gasteiger partial charge in [-0.05, 0) is 92.8 Å². The van der Waals surface area contributed by atoms with Gasteiger partial charge in [0.15, 0.2) is 5.17 Å². The second kappa shape index (κ2) is 11.9. The Bertz CT molecular complexity index is 1610. The number of H-pyrrole nitrogens is 1. The number of nitrogens with one attached hydrogen (secondary N) is 2. The Morgan fingerprint density at radius 3 is 2.70 bits per heavy atom. The minimum Gasteiger partial charge on any atom is -0.497 e. The first kappa shape index (κ1) is 30.5. The Morgan fingerprint density at radius 2 is 1.98 bits per heavy atom. The lowest BCUT2D eigenvalue weighted by molar-refractivity contribution is -0.138. The number of carbonyl (C=O) groups is 2. The number of aliphatic imine (C=N–C) groups is 1. The number of nitrogens with zero attached hydrogens (tertiary/aromatic N) is 3. The van der Waals surface area contributed by atoms with E-state index in [0.29, 0.717) is 29.4 Å². The number of piperidine rings is 1. The van der Waals surface area contributed by atoms with Crippen LogP contribution in [0, 0.1) is 0 Å². The van der Waals surface area contributed by atoms with Gasteiger partial charge in [0.25, 0.3) is 5.91 Å². The van der Waals surface area contributed by atoms with E-state index in [-0.39, 0.29) is 28.7 Å². The molecule has 0 bridgehead atoms. The maximum absolute atomic E-state index is 14.1. The first-order valence-corrected chi connectivity index (χ1v) is 14.6. The van der Waals surface area contributed by atoms with E-state index in [9.17, 15) is 22.8 Å². The number of halogens is 3. The van der Waals surface area contributed by atoms with Crippen LogP contribution in [0.15, 0.2) is 52.5 Å². The topological polar surface area (TPSA) is 109 Å². The number of hydrogen-bond acceptors (Lipinski definition) is 7. The van der Waals surface area contributed by atoms with Crippen LogP contribution in [0.1, 0.15) is 50.3 Å². The zero-order valence-corrected chi connectivity index (χ0v) is 25.0. The van der Waals surface area contributed by atoms with Crippen molar-refractivity contribution < 1.29 is 32.2 Å². The third-order valence-corrected chi connectivity index (χ3v) is 8.21. The lowest BCUT2D eigenvalue weighted by Crippen LogP contribution is -2.49. The predicted molar refractivity (Wildman–Crippen MR) is 159 cm³/mol.